The Hall–Kier alpha value is -2.87. The fourth-order valence-corrected chi connectivity index (χ4v) is 4.82. The monoisotopic (exact) mass is 526 g/mol. The average Bonchev–Trinajstić information content (AvgIpc) is 3.14. The van der Waals surface area contributed by atoms with E-state index < -0.39 is 17.7 Å². The molecule has 0 aromatic heterocycles. The molecule has 4 rings (SSSR count). The molecule has 0 aliphatic carbocycles. The van der Waals surface area contributed by atoms with E-state index in [1.165, 1.54) is 0 Å². The van der Waals surface area contributed by atoms with Crippen LogP contribution in [-0.2, 0) is 14.3 Å². The third kappa shape index (κ3) is 6.72. The summed E-state index contributed by atoms with van der Waals surface area (Å²) in [6, 6.07) is 13.3. The Labute approximate surface area is 223 Å². The standard InChI is InChI=1S/C29H35ClN2O5/c1-20(2)11-16-37-24-6-3-5-22(19-24)26-25(27(33)21-7-9-23(30)10-8-21)28(34)29(35)32(26)13-4-12-31-14-17-36-18-15-31/h3,5-10,19-20,26,33H,4,11-18H2,1-2H3. The van der Waals surface area contributed by atoms with Gasteiger partial charge in [0.05, 0.1) is 31.4 Å². The molecule has 2 aliphatic rings. The molecule has 2 heterocycles. The summed E-state index contributed by atoms with van der Waals surface area (Å²) in [5.41, 5.74) is 1.24. The van der Waals surface area contributed by atoms with E-state index in [-0.39, 0.29) is 11.3 Å². The molecule has 0 bridgehead atoms. The number of morpholine rings is 1. The molecule has 1 N–H and O–H groups in total. The summed E-state index contributed by atoms with van der Waals surface area (Å²) in [5.74, 6) is -0.310. The zero-order chi connectivity index (χ0) is 26.4. The van der Waals surface area contributed by atoms with Crippen molar-refractivity contribution in [3.8, 4) is 5.75 Å². The summed E-state index contributed by atoms with van der Waals surface area (Å²) >= 11 is 6.02. The molecule has 2 aromatic carbocycles. The van der Waals surface area contributed by atoms with Gasteiger partial charge in [0.25, 0.3) is 11.7 Å². The first-order valence-electron chi connectivity index (χ1n) is 12.9. The smallest absolute Gasteiger partial charge is 0.295 e. The quantitative estimate of drug-likeness (QED) is 0.269. The van der Waals surface area contributed by atoms with Crippen LogP contribution in [0.1, 0.15) is 43.9 Å². The number of likely N-dealkylation sites (tertiary alicyclic amines) is 1. The van der Waals surface area contributed by atoms with Crippen molar-refractivity contribution in [2.24, 2.45) is 5.92 Å². The molecule has 1 amide bonds. The fraction of sp³-hybridized carbons (Fsp3) is 0.448. The number of amides is 1. The minimum absolute atomic E-state index is 0.0815. The van der Waals surface area contributed by atoms with Gasteiger partial charge >= 0.3 is 0 Å². The lowest BCUT2D eigenvalue weighted by Gasteiger charge is -2.29. The van der Waals surface area contributed by atoms with Gasteiger partial charge in [0.15, 0.2) is 0 Å². The van der Waals surface area contributed by atoms with Crippen molar-refractivity contribution in [3.63, 3.8) is 0 Å². The second kappa shape index (κ2) is 12.6. The van der Waals surface area contributed by atoms with Crippen molar-refractivity contribution < 1.29 is 24.2 Å². The Morgan fingerprint density at radius 1 is 1.11 bits per heavy atom. The molecule has 198 valence electrons. The van der Waals surface area contributed by atoms with Crippen LogP contribution in [0.25, 0.3) is 5.76 Å². The molecule has 2 aliphatic heterocycles. The van der Waals surface area contributed by atoms with Gasteiger partial charge in [0.1, 0.15) is 11.5 Å². The van der Waals surface area contributed by atoms with E-state index in [1.54, 1.807) is 29.2 Å². The van der Waals surface area contributed by atoms with Gasteiger partial charge in [-0.05, 0) is 60.7 Å². The number of carbonyl (C=O) groups is 2. The maximum atomic E-state index is 13.3. The molecule has 0 spiro atoms. The van der Waals surface area contributed by atoms with Gasteiger partial charge in [-0.15, -0.1) is 0 Å². The summed E-state index contributed by atoms with van der Waals surface area (Å²) in [4.78, 5) is 30.4. The van der Waals surface area contributed by atoms with Crippen LogP contribution in [0.5, 0.6) is 5.75 Å². The number of ether oxygens (including phenoxy) is 2. The Morgan fingerprint density at radius 2 is 1.84 bits per heavy atom. The largest absolute Gasteiger partial charge is 0.507 e. The van der Waals surface area contributed by atoms with E-state index in [2.05, 4.69) is 18.7 Å². The van der Waals surface area contributed by atoms with E-state index in [1.807, 2.05) is 24.3 Å². The summed E-state index contributed by atoms with van der Waals surface area (Å²) < 4.78 is 11.4. The third-order valence-electron chi connectivity index (χ3n) is 6.77. The van der Waals surface area contributed by atoms with E-state index in [0.717, 1.165) is 31.6 Å². The number of Topliss-reactive ketones (excluding diaryl/α,β-unsaturated/α-hetero) is 1. The molecule has 0 radical (unpaired) electrons. The van der Waals surface area contributed by atoms with Crippen molar-refractivity contribution in [2.45, 2.75) is 32.7 Å². The van der Waals surface area contributed by atoms with Crippen LogP contribution >= 0.6 is 11.6 Å². The van der Waals surface area contributed by atoms with E-state index >= 15 is 0 Å². The number of rotatable bonds is 10. The third-order valence-corrected chi connectivity index (χ3v) is 7.02. The van der Waals surface area contributed by atoms with E-state index in [0.29, 0.717) is 55.0 Å². The van der Waals surface area contributed by atoms with Gasteiger partial charge in [-0.1, -0.05) is 37.6 Å². The van der Waals surface area contributed by atoms with Gasteiger partial charge in [0, 0.05) is 36.8 Å². The van der Waals surface area contributed by atoms with Gasteiger partial charge in [-0.25, -0.2) is 0 Å². The molecule has 2 aromatic rings. The predicted molar refractivity (Wildman–Crippen MR) is 144 cm³/mol. The number of aliphatic hydroxyl groups excluding tert-OH is 1. The molecule has 0 saturated carbocycles. The number of aliphatic hydroxyl groups is 1. The maximum Gasteiger partial charge on any atom is 0.295 e. The number of halogens is 1. The van der Waals surface area contributed by atoms with Crippen LogP contribution in [0, 0.1) is 5.92 Å². The minimum Gasteiger partial charge on any atom is -0.507 e. The SMILES string of the molecule is CC(C)CCOc1cccc(C2C(=C(O)c3ccc(Cl)cc3)C(=O)C(=O)N2CCCN2CCOCC2)c1. The van der Waals surface area contributed by atoms with E-state index in [9.17, 15) is 14.7 Å². The molecule has 2 fully saturated rings. The molecule has 1 unspecified atom stereocenters. The molecular formula is C29H35ClN2O5. The summed E-state index contributed by atoms with van der Waals surface area (Å²) in [5, 5.41) is 11.7. The van der Waals surface area contributed by atoms with Crippen LogP contribution in [0.15, 0.2) is 54.1 Å². The van der Waals surface area contributed by atoms with Gasteiger partial charge in [-0.2, -0.15) is 0 Å². The van der Waals surface area contributed by atoms with Crippen LogP contribution < -0.4 is 4.74 Å². The van der Waals surface area contributed by atoms with E-state index in [4.69, 9.17) is 21.1 Å². The lowest BCUT2D eigenvalue weighted by atomic mass is 9.95. The zero-order valence-corrected chi connectivity index (χ0v) is 22.2. The Balaban J connectivity index is 1.65. The van der Waals surface area contributed by atoms with Crippen molar-refractivity contribution in [1.82, 2.24) is 9.80 Å². The second-order valence-electron chi connectivity index (χ2n) is 9.91. The molecule has 8 heteroatoms. The lowest BCUT2D eigenvalue weighted by Crippen LogP contribution is -2.38. The first-order valence-corrected chi connectivity index (χ1v) is 13.3. The van der Waals surface area contributed by atoms with Crippen LogP contribution in [0.3, 0.4) is 0 Å². The molecule has 1 atom stereocenters. The highest BCUT2D eigenvalue weighted by atomic mass is 35.5. The number of nitrogens with zero attached hydrogens (tertiary/aromatic N) is 2. The number of benzene rings is 2. The number of ketones is 1. The first-order chi connectivity index (χ1) is 17.8. The molecule has 2 saturated heterocycles. The second-order valence-corrected chi connectivity index (χ2v) is 10.3. The highest BCUT2D eigenvalue weighted by Crippen LogP contribution is 2.40. The zero-order valence-electron chi connectivity index (χ0n) is 21.5. The minimum atomic E-state index is -0.714. The first kappa shape index (κ1) is 27.2. The predicted octanol–water partition coefficient (Wildman–Crippen LogP) is 4.91. The highest BCUT2D eigenvalue weighted by Gasteiger charge is 2.46. The topological polar surface area (TPSA) is 79.3 Å². The van der Waals surface area contributed by atoms with Gasteiger partial charge < -0.3 is 19.5 Å². The van der Waals surface area contributed by atoms with Crippen molar-refractivity contribution >= 4 is 29.1 Å². The maximum absolute atomic E-state index is 13.3. The van der Waals surface area contributed by atoms with Crippen molar-refractivity contribution in [2.75, 3.05) is 46.0 Å². The molecular weight excluding hydrogens is 492 g/mol. The molecule has 37 heavy (non-hydrogen) atoms. The summed E-state index contributed by atoms with van der Waals surface area (Å²) in [7, 11) is 0. The summed E-state index contributed by atoms with van der Waals surface area (Å²) in [6.45, 7) is 9.16. The molecule has 7 nitrogen and oxygen atoms in total. The number of hydrogen-bond donors (Lipinski definition) is 1. The number of carbonyl (C=O) groups excluding carboxylic acids is 2. The average molecular weight is 527 g/mol. The normalized spacial score (nSPS) is 20.1. The highest BCUT2D eigenvalue weighted by molar-refractivity contribution is 6.46. The van der Waals surface area contributed by atoms with Gasteiger partial charge in [0.2, 0.25) is 0 Å². The van der Waals surface area contributed by atoms with Crippen LogP contribution in [-0.4, -0.2) is 72.6 Å². The van der Waals surface area contributed by atoms with Crippen LogP contribution in [0.2, 0.25) is 5.02 Å². The van der Waals surface area contributed by atoms with Crippen LogP contribution in [0.4, 0.5) is 0 Å². The Bertz CT molecular complexity index is 1130. The Morgan fingerprint density at radius 3 is 2.54 bits per heavy atom. The van der Waals surface area contributed by atoms with Crippen molar-refractivity contribution in [1.29, 1.82) is 0 Å². The number of hydrogen-bond acceptors (Lipinski definition) is 6. The summed E-state index contributed by atoms with van der Waals surface area (Å²) in [6.07, 6.45) is 1.62. The Kier molecular flexibility index (Phi) is 9.24. The fourth-order valence-electron chi connectivity index (χ4n) is 4.70. The van der Waals surface area contributed by atoms with Gasteiger partial charge in [-0.3, -0.25) is 14.5 Å². The van der Waals surface area contributed by atoms with Crippen molar-refractivity contribution in [3.05, 3.63) is 70.3 Å². The lowest BCUT2D eigenvalue weighted by molar-refractivity contribution is -0.140.